The molecule has 0 spiro atoms. The maximum absolute atomic E-state index is 12.0. The molecule has 5 nitrogen and oxygen atoms in total. The summed E-state index contributed by atoms with van der Waals surface area (Å²) in [4.78, 5) is 16.4. The number of para-hydroxylation sites is 2. The van der Waals surface area contributed by atoms with Gasteiger partial charge in [0.1, 0.15) is 11.6 Å². The van der Waals surface area contributed by atoms with Gasteiger partial charge in [-0.1, -0.05) is 24.3 Å². The molecule has 0 bridgehead atoms. The first-order valence-corrected chi connectivity index (χ1v) is 8.43. The maximum atomic E-state index is 12.0. The van der Waals surface area contributed by atoms with Crippen LogP contribution in [0, 0.1) is 0 Å². The average molecular weight is 355 g/mol. The Morgan fingerprint density at radius 2 is 1.96 bits per heavy atom. The number of methoxy groups -OCH3 is 2. The first-order valence-electron chi connectivity index (χ1n) is 7.61. The number of ether oxygens (including phenoxy) is 3. The highest BCUT2D eigenvalue weighted by molar-refractivity contribution is 7.19. The van der Waals surface area contributed by atoms with Gasteiger partial charge in [0, 0.05) is 11.6 Å². The number of carbonyl (C=O) groups excluding carboxylic acids is 1. The summed E-state index contributed by atoms with van der Waals surface area (Å²) >= 11 is 1.52. The van der Waals surface area contributed by atoms with Crippen molar-refractivity contribution in [2.75, 3.05) is 14.2 Å². The highest BCUT2D eigenvalue weighted by Gasteiger charge is 2.11. The number of carbonyl (C=O) groups is 1. The van der Waals surface area contributed by atoms with E-state index in [4.69, 9.17) is 14.2 Å². The zero-order valence-electron chi connectivity index (χ0n) is 13.9. The van der Waals surface area contributed by atoms with E-state index in [2.05, 4.69) is 4.98 Å². The number of hydrogen-bond donors (Lipinski definition) is 0. The Bertz CT molecular complexity index is 884. The molecule has 0 radical (unpaired) electrons. The second-order valence-electron chi connectivity index (χ2n) is 5.11. The number of thiazole rings is 1. The van der Waals surface area contributed by atoms with Crippen molar-refractivity contribution in [2.45, 2.75) is 6.61 Å². The molecule has 0 saturated heterocycles. The molecular weight excluding hydrogens is 338 g/mol. The van der Waals surface area contributed by atoms with Crippen LogP contribution in [0.2, 0.25) is 0 Å². The highest BCUT2D eigenvalue weighted by atomic mass is 32.1. The van der Waals surface area contributed by atoms with E-state index < -0.39 is 5.97 Å². The zero-order chi connectivity index (χ0) is 17.6. The van der Waals surface area contributed by atoms with Gasteiger partial charge in [-0.25, -0.2) is 9.78 Å². The van der Waals surface area contributed by atoms with Crippen LogP contribution in [0.5, 0.6) is 11.5 Å². The van der Waals surface area contributed by atoms with E-state index in [1.54, 1.807) is 26.4 Å². The molecule has 0 saturated carbocycles. The lowest BCUT2D eigenvalue weighted by atomic mass is 10.2. The molecule has 0 aliphatic rings. The number of esters is 1. The van der Waals surface area contributed by atoms with Crippen molar-refractivity contribution in [2.24, 2.45) is 0 Å². The van der Waals surface area contributed by atoms with Gasteiger partial charge in [0.2, 0.25) is 0 Å². The summed E-state index contributed by atoms with van der Waals surface area (Å²) in [6.45, 7) is 0.101. The molecule has 1 aromatic heterocycles. The summed E-state index contributed by atoms with van der Waals surface area (Å²) in [7, 11) is 3.12. The predicted molar refractivity (Wildman–Crippen MR) is 98.0 cm³/mol. The van der Waals surface area contributed by atoms with Gasteiger partial charge in [0.25, 0.3) is 0 Å². The van der Waals surface area contributed by atoms with E-state index in [9.17, 15) is 4.79 Å². The van der Waals surface area contributed by atoms with E-state index in [0.717, 1.165) is 20.8 Å². The molecule has 25 heavy (non-hydrogen) atoms. The number of fused-ring (bicyclic) bond motifs is 1. The first kappa shape index (κ1) is 17.0. The van der Waals surface area contributed by atoms with Crippen LogP contribution < -0.4 is 9.47 Å². The van der Waals surface area contributed by atoms with Crippen LogP contribution in [0.4, 0.5) is 0 Å². The van der Waals surface area contributed by atoms with Crippen molar-refractivity contribution in [1.29, 1.82) is 0 Å². The third-order valence-corrected chi connectivity index (χ3v) is 4.53. The Labute approximate surface area is 149 Å². The van der Waals surface area contributed by atoms with Gasteiger partial charge in [0.05, 0.1) is 24.4 Å². The molecule has 128 valence electrons. The summed E-state index contributed by atoms with van der Waals surface area (Å²) in [5.41, 5.74) is 1.66. The van der Waals surface area contributed by atoms with Crippen molar-refractivity contribution in [3.8, 4) is 11.5 Å². The highest BCUT2D eigenvalue weighted by Crippen LogP contribution is 2.31. The largest absolute Gasteiger partial charge is 0.493 e. The zero-order valence-corrected chi connectivity index (χ0v) is 14.7. The number of hydrogen-bond acceptors (Lipinski definition) is 6. The van der Waals surface area contributed by atoms with Crippen LogP contribution >= 0.6 is 11.3 Å². The van der Waals surface area contributed by atoms with E-state index in [0.29, 0.717) is 11.5 Å². The first-order chi connectivity index (χ1) is 12.2. The standard InChI is InChI=1S/C19H17NO4S/c1-22-15-8-5-6-13(19(15)23-2)12-24-18(21)11-10-17-20-14-7-3-4-9-16(14)25-17/h3-11H,12H2,1-2H3/b11-10+. The minimum absolute atomic E-state index is 0.101. The third-order valence-electron chi connectivity index (χ3n) is 3.53. The molecule has 6 heteroatoms. The minimum atomic E-state index is -0.441. The fraction of sp³-hybridized carbons (Fsp3) is 0.158. The van der Waals surface area contributed by atoms with Crippen LogP contribution in [-0.4, -0.2) is 25.2 Å². The molecule has 2 aromatic carbocycles. The lowest BCUT2D eigenvalue weighted by Crippen LogP contribution is -2.03. The minimum Gasteiger partial charge on any atom is -0.493 e. The summed E-state index contributed by atoms with van der Waals surface area (Å²) in [5, 5.41) is 0.761. The molecule has 0 aliphatic heterocycles. The molecule has 0 aliphatic carbocycles. The Morgan fingerprint density at radius 3 is 2.72 bits per heavy atom. The summed E-state index contributed by atoms with van der Waals surface area (Å²) in [6, 6.07) is 13.3. The Morgan fingerprint density at radius 1 is 1.12 bits per heavy atom. The second kappa shape index (κ2) is 7.81. The van der Waals surface area contributed by atoms with Crippen molar-refractivity contribution in [3.63, 3.8) is 0 Å². The second-order valence-corrected chi connectivity index (χ2v) is 6.18. The van der Waals surface area contributed by atoms with Crippen molar-refractivity contribution in [1.82, 2.24) is 4.98 Å². The Kier molecular flexibility index (Phi) is 5.30. The van der Waals surface area contributed by atoms with E-state index in [1.807, 2.05) is 36.4 Å². The summed E-state index contributed by atoms with van der Waals surface area (Å²) < 4.78 is 16.9. The van der Waals surface area contributed by atoms with Gasteiger partial charge >= 0.3 is 5.97 Å². The van der Waals surface area contributed by atoms with Gasteiger partial charge in [-0.15, -0.1) is 11.3 Å². The van der Waals surface area contributed by atoms with E-state index in [1.165, 1.54) is 17.4 Å². The molecule has 0 atom stereocenters. The smallest absolute Gasteiger partial charge is 0.331 e. The number of aromatic nitrogens is 1. The fourth-order valence-corrected chi connectivity index (χ4v) is 3.24. The normalized spacial score (nSPS) is 11.0. The maximum Gasteiger partial charge on any atom is 0.331 e. The molecule has 0 unspecified atom stereocenters. The molecule has 0 amide bonds. The predicted octanol–water partition coefficient (Wildman–Crippen LogP) is 4.07. The van der Waals surface area contributed by atoms with E-state index in [-0.39, 0.29) is 6.61 Å². The van der Waals surface area contributed by atoms with Crippen molar-refractivity contribution >= 4 is 33.6 Å². The average Bonchev–Trinajstić information content (AvgIpc) is 3.07. The third kappa shape index (κ3) is 3.97. The lowest BCUT2D eigenvalue weighted by molar-refractivity contribution is -0.138. The lowest BCUT2D eigenvalue weighted by Gasteiger charge is -2.12. The quantitative estimate of drug-likeness (QED) is 0.493. The van der Waals surface area contributed by atoms with Crippen molar-refractivity contribution in [3.05, 3.63) is 59.1 Å². The topological polar surface area (TPSA) is 57.7 Å². The molecule has 3 aromatic rings. The van der Waals surface area contributed by atoms with Gasteiger partial charge in [0.15, 0.2) is 11.5 Å². The van der Waals surface area contributed by atoms with Crippen LogP contribution in [0.3, 0.4) is 0 Å². The molecule has 0 fully saturated rings. The number of rotatable bonds is 6. The van der Waals surface area contributed by atoms with Crippen LogP contribution in [-0.2, 0) is 16.1 Å². The number of benzene rings is 2. The fourth-order valence-electron chi connectivity index (χ4n) is 2.37. The SMILES string of the molecule is COc1cccc(COC(=O)/C=C/c2nc3ccccc3s2)c1OC. The molecule has 1 heterocycles. The summed E-state index contributed by atoms with van der Waals surface area (Å²) in [6.07, 6.45) is 3.04. The monoisotopic (exact) mass is 355 g/mol. The van der Waals surface area contributed by atoms with Gasteiger partial charge < -0.3 is 14.2 Å². The Balaban J connectivity index is 1.65. The van der Waals surface area contributed by atoms with Crippen LogP contribution in [0.15, 0.2) is 48.5 Å². The number of nitrogens with zero attached hydrogens (tertiary/aromatic N) is 1. The molecular formula is C19H17NO4S. The van der Waals surface area contributed by atoms with Gasteiger partial charge in [-0.05, 0) is 24.3 Å². The molecule has 0 N–H and O–H groups in total. The van der Waals surface area contributed by atoms with Gasteiger partial charge in [-0.2, -0.15) is 0 Å². The van der Waals surface area contributed by atoms with Crippen LogP contribution in [0.25, 0.3) is 16.3 Å². The van der Waals surface area contributed by atoms with Crippen molar-refractivity contribution < 1.29 is 19.0 Å². The molecule has 3 rings (SSSR count). The van der Waals surface area contributed by atoms with E-state index >= 15 is 0 Å². The van der Waals surface area contributed by atoms with Gasteiger partial charge in [-0.3, -0.25) is 0 Å². The summed E-state index contributed by atoms with van der Waals surface area (Å²) in [5.74, 6) is 0.721. The Hall–Kier alpha value is -2.86. The van der Waals surface area contributed by atoms with Crippen LogP contribution in [0.1, 0.15) is 10.6 Å².